The van der Waals surface area contributed by atoms with Crippen molar-refractivity contribution in [2.45, 2.75) is 17.9 Å². The number of halogens is 2. The van der Waals surface area contributed by atoms with Crippen molar-refractivity contribution in [2.24, 2.45) is 0 Å². The molecule has 0 bridgehead atoms. The maximum atomic E-state index is 12.2. The number of hydrogen-bond donors (Lipinski definition) is 2. The fraction of sp³-hybridized carbons (Fsp3) is 0.167. The molecule has 8 nitrogen and oxygen atoms in total. The van der Waals surface area contributed by atoms with E-state index in [1.165, 1.54) is 49.5 Å². The minimum Gasteiger partial charge on any atom is -0.449 e. The fourth-order valence-corrected chi connectivity index (χ4v) is 3.45. The maximum Gasteiger partial charge on any atom is 0.338 e. The van der Waals surface area contributed by atoms with Crippen molar-refractivity contribution >= 4 is 50.9 Å². The van der Waals surface area contributed by atoms with Crippen molar-refractivity contribution in [3.05, 3.63) is 64.8 Å². The highest BCUT2D eigenvalue weighted by Crippen LogP contribution is 2.22. The molecule has 2 rings (SSSR count). The summed E-state index contributed by atoms with van der Waals surface area (Å²) in [5, 5.41) is 2.86. The van der Waals surface area contributed by atoms with E-state index in [0.717, 1.165) is 0 Å². The smallest absolute Gasteiger partial charge is 0.338 e. The average Bonchev–Trinajstić information content (AvgIpc) is 2.68. The number of sulfonamides is 1. The first-order valence-electron chi connectivity index (χ1n) is 8.17. The van der Waals surface area contributed by atoms with Crippen LogP contribution in [-0.4, -0.2) is 37.9 Å². The van der Waals surface area contributed by atoms with E-state index in [-0.39, 0.29) is 27.8 Å². The van der Waals surface area contributed by atoms with Crippen LogP contribution in [0, 0.1) is 0 Å². The normalized spacial score (nSPS) is 12.1. The number of nitrogens with zero attached hydrogens (tertiary/aromatic N) is 1. The predicted octanol–water partition coefficient (Wildman–Crippen LogP) is 3.04. The largest absolute Gasteiger partial charge is 0.449 e. The Morgan fingerprint density at radius 3 is 2.52 bits per heavy atom. The third kappa shape index (κ3) is 6.26. The number of amides is 1. The van der Waals surface area contributed by atoms with Crippen LogP contribution in [-0.2, 0) is 19.6 Å². The summed E-state index contributed by atoms with van der Waals surface area (Å²) in [7, 11) is -3.71. The molecule has 2 N–H and O–H groups in total. The van der Waals surface area contributed by atoms with Gasteiger partial charge in [0.15, 0.2) is 11.9 Å². The maximum absolute atomic E-state index is 12.2. The molecule has 0 saturated carbocycles. The molecule has 0 aliphatic heterocycles. The Labute approximate surface area is 177 Å². The Morgan fingerprint density at radius 2 is 1.93 bits per heavy atom. The first-order valence-corrected chi connectivity index (χ1v) is 10.4. The summed E-state index contributed by atoms with van der Waals surface area (Å²) in [5.41, 5.74) is 0.0787. The van der Waals surface area contributed by atoms with Crippen LogP contribution >= 0.6 is 23.2 Å². The molecule has 1 aromatic carbocycles. The van der Waals surface area contributed by atoms with E-state index in [4.69, 9.17) is 27.9 Å². The molecule has 0 aliphatic carbocycles. The van der Waals surface area contributed by atoms with Crippen LogP contribution < -0.4 is 10.0 Å². The van der Waals surface area contributed by atoms with Gasteiger partial charge in [-0.2, -0.15) is 0 Å². The standard InChI is InChI=1S/C18H17Cl2N3O5S/c1-3-8-22-29(26,27)14-6-4-12(5-7-14)18(25)28-11(2)17(24)23-16-15(20)9-13(19)10-21-16/h3-7,9-11,22H,1,8H2,2H3,(H,21,23,24). The van der Waals surface area contributed by atoms with Crippen LogP contribution in [0.3, 0.4) is 0 Å². The molecule has 1 amide bonds. The van der Waals surface area contributed by atoms with E-state index in [2.05, 4.69) is 21.6 Å². The number of pyridine rings is 1. The lowest BCUT2D eigenvalue weighted by atomic mass is 10.2. The number of rotatable bonds is 8. The van der Waals surface area contributed by atoms with Gasteiger partial charge in [0.1, 0.15) is 0 Å². The van der Waals surface area contributed by atoms with Gasteiger partial charge in [0.05, 0.1) is 20.5 Å². The first kappa shape index (κ1) is 22.8. The quantitative estimate of drug-likeness (QED) is 0.464. The molecule has 1 heterocycles. The van der Waals surface area contributed by atoms with Gasteiger partial charge < -0.3 is 10.1 Å². The molecule has 0 fully saturated rings. The number of benzene rings is 1. The number of carbonyl (C=O) groups is 2. The molecule has 0 spiro atoms. The van der Waals surface area contributed by atoms with Crippen molar-refractivity contribution in [3.8, 4) is 0 Å². The zero-order chi connectivity index (χ0) is 21.6. The monoisotopic (exact) mass is 457 g/mol. The lowest BCUT2D eigenvalue weighted by Crippen LogP contribution is -2.30. The van der Waals surface area contributed by atoms with Crippen LogP contribution in [0.4, 0.5) is 5.82 Å². The third-order valence-electron chi connectivity index (χ3n) is 3.52. The van der Waals surface area contributed by atoms with Crippen molar-refractivity contribution in [1.82, 2.24) is 9.71 Å². The number of esters is 1. The molecule has 0 saturated heterocycles. The molecular weight excluding hydrogens is 441 g/mol. The number of carbonyl (C=O) groups excluding carboxylic acids is 2. The number of anilines is 1. The average molecular weight is 458 g/mol. The zero-order valence-electron chi connectivity index (χ0n) is 15.2. The van der Waals surface area contributed by atoms with E-state index in [1.807, 2.05) is 0 Å². The molecule has 11 heteroatoms. The molecule has 154 valence electrons. The predicted molar refractivity (Wildman–Crippen MR) is 110 cm³/mol. The lowest BCUT2D eigenvalue weighted by Gasteiger charge is -2.14. The first-order chi connectivity index (χ1) is 13.6. The van der Waals surface area contributed by atoms with Crippen LogP contribution in [0.1, 0.15) is 17.3 Å². The van der Waals surface area contributed by atoms with Crippen LogP contribution in [0.25, 0.3) is 0 Å². The second kappa shape index (κ2) is 9.84. The Bertz CT molecular complexity index is 1030. The molecule has 1 atom stereocenters. The Morgan fingerprint density at radius 1 is 1.28 bits per heavy atom. The van der Waals surface area contributed by atoms with Gasteiger partial charge in [-0.1, -0.05) is 29.3 Å². The van der Waals surface area contributed by atoms with Gasteiger partial charge in [0.2, 0.25) is 10.0 Å². The lowest BCUT2D eigenvalue weighted by molar-refractivity contribution is -0.123. The van der Waals surface area contributed by atoms with Gasteiger partial charge in [0, 0.05) is 12.7 Å². The van der Waals surface area contributed by atoms with Crippen molar-refractivity contribution in [3.63, 3.8) is 0 Å². The van der Waals surface area contributed by atoms with Gasteiger partial charge in [-0.25, -0.2) is 22.9 Å². The van der Waals surface area contributed by atoms with Crippen LogP contribution in [0.15, 0.2) is 54.1 Å². The number of hydrogen-bond acceptors (Lipinski definition) is 6. The highest BCUT2D eigenvalue weighted by atomic mass is 35.5. The number of nitrogens with one attached hydrogen (secondary N) is 2. The number of aromatic nitrogens is 1. The third-order valence-corrected chi connectivity index (χ3v) is 5.45. The minimum atomic E-state index is -3.71. The Hall–Kier alpha value is -2.46. The highest BCUT2D eigenvalue weighted by Gasteiger charge is 2.21. The van der Waals surface area contributed by atoms with Crippen molar-refractivity contribution in [2.75, 3.05) is 11.9 Å². The van der Waals surface area contributed by atoms with E-state index in [9.17, 15) is 18.0 Å². The molecule has 0 radical (unpaired) electrons. The van der Waals surface area contributed by atoms with E-state index in [0.29, 0.717) is 5.02 Å². The summed E-state index contributed by atoms with van der Waals surface area (Å²) >= 11 is 11.7. The van der Waals surface area contributed by atoms with Gasteiger partial charge >= 0.3 is 5.97 Å². The summed E-state index contributed by atoms with van der Waals surface area (Å²) in [6.45, 7) is 4.88. The van der Waals surface area contributed by atoms with E-state index >= 15 is 0 Å². The fourth-order valence-electron chi connectivity index (χ4n) is 2.03. The Balaban J connectivity index is 2.01. The van der Waals surface area contributed by atoms with Crippen molar-refractivity contribution in [1.29, 1.82) is 0 Å². The van der Waals surface area contributed by atoms with Crippen molar-refractivity contribution < 1.29 is 22.7 Å². The second-order valence-electron chi connectivity index (χ2n) is 5.69. The zero-order valence-corrected chi connectivity index (χ0v) is 17.5. The van der Waals surface area contributed by atoms with Gasteiger partial charge in [0.25, 0.3) is 5.91 Å². The summed E-state index contributed by atoms with van der Waals surface area (Å²) in [6.07, 6.45) is 1.55. The van der Waals surface area contributed by atoms with E-state index < -0.39 is 28.0 Å². The molecule has 0 aliphatic rings. The molecule has 2 aromatic rings. The Kier molecular flexibility index (Phi) is 7.74. The van der Waals surface area contributed by atoms with Gasteiger partial charge in [-0.15, -0.1) is 6.58 Å². The molecular formula is C18H17Cl2N3O5S. The summed E-state index contributed by atoms with van der Waals surface area (Å²) in [6, 6.07) is 6.48. The van der Waals surface area contributed by atoms with Gasteiger partial charge in [-0.3, -0.25) is 4.79 Å². The highest BCUT2D eigenvalue weighted by molar-refractivity contribution is 7.89. The second-order valence-corrected chi connectivity index (χ2v) is 8.30. The van der Waals surface area contributed by atoms with Crippen LogP contribution in [0.2, 0.25) is 10.0 Å². The molecule has 29 heavy (non-hydrogen) atoms. The van der Waals surface area contributed by atoms with Crippen LogP contribution in [0.5, 0.6) is 0 Å². The SMILES string of the molecule is C=CCNS(=O)(=O)c1ccc(C(=O)OC(C)C(=O)Nc2ncc(Cl)cc2Cl)cc1. The van der Waals surface area contributed by atoms with Gasteiger partial charge in [-0.05, 0) is 37.3 Å². The summed E-state index contributed by atoms with van der Waals surface area (Å²) in [4.78, 5) is 28.3. The van der Waals surface area contributed by atoms with E-state index in [1.54, 1.807) is 0 Å². The molecule has 1 unspecified atom stereocenters. The summed E-state index contributed by atoms with van der Waals surface area (Å²) < 4.78 is 31.4. The molecule has 1 aromatic heterocycles. The minimum absolute atomic E-state index is 0.0230. The number of ether oxygens (including phenoxy) is 1. The topological polar surface area (TPSA) is 114 Å². The summed E-state index contributed by atoms with van der Waals surface area (Å²) in [5.74, 6) is -1.38.